The first-order chi connectivity index (χ1) is 10.7. The summed E-state index contributed by atoms with van der Waals surface area (Å²) in [5, 5.41) is 0. The average Bonchev–Trinajstić information content (AvgIpc) is 2.57. The number of hydrogen-bond acceptors (Lipinski definition) is 2. The van der Waals surface area contributed by atoms with Gasteiger partial charge in [-0.25, -0.2) is 0 Å². The molecule has 3 rings (SSSR count). The van der Waals surface area contributed by atoms with Crippen LogP contribution in [0.1, 0.15) is 67.1 Å². The van der Waals surface area contributed by atoms with E-state index in [1.165, 1.54) is 20.2 Å². The van der Waals surface area contributed by atoms with E-state index in [0.717, 1.165) is 34.3 Å². The molecule has 21 heavy (non-hydrogen) atoms. The maximum Gasteiger partial charge on any atom is 0.0194 e. The van der Waals surface area contributed by atoms with Crippen LogP contribution in [0.15, 0.2) is 0 Å². The average molecular weight is 393 g/mol. The summed E-state index contributed by atoms with van der Waals surface area (Å²) in [5.41, 5.74) is 0. The van der Waals surface area contributed by atoms with Crippen LogP contribution in [-0.2, 0) is 0 Å². The molecule has 0 aromatic heterocycles. The minimum Gasteiger partial charge on any atom is -0.0776 e. The molecule has 124 valence electrons. The van der Waals surface area contributed by atoms with Crippen molar-refractivity contribution in [2.24, 2.45) is 29.6 Å². The largest absolute Gasteiger partial charge is 0.0776 e. The third-order valence-corrected chi connectivity index (χ3v) is 21.7. The van der Waals surface area contributed by atoms with Gasteiger partial charge in [0.2, 0.25) is 0 Å². The van der Waals surface area contributed by atoms with Crippen LogP contribution in [0.25, 0.3) is 0 Å². The van der Waals surface area contributed by atoms with E-state index < -0.39 is 12.3 Å². The molecule has 0 aromatic rings. The van der Waals surface area contributed by atoms with Crippen molar-refractivity contribution in [3.8, 4) is 0 Å². The second-order valence-electron chi connectivity index (χ2n) is 7.38. The Hall–Kier alpha value is 1.26. The van der Waals surface area contributed by atoms with E-state index in [1.807, 2.05) is 0 Å². The van der Waals surface area contributed by atoms with Crippen LogP contribution in [0.5, 0.6) is 0 Å². The Morgan fingerprint density at radius 3 is 2.19 bits per heavy atom. The summed E-state index contributed by atoms with van der Waals surface area (Å²) in [6, 6.07) is 0. The fourth-order valence-electron chi connectivity index (χ4n) is 5.60. The molecule has 0 aromatic carbocycles. The zero-order chi connectivity index (χ0) is 16.1. The zero-order valence-electron chi connectivity index (χ0n) is 15.4. The van der Waals surface area contributed by atoms with Crippen molar-refractivity contribution in [2.45, 2.75) is 70.4 Å². The fourth-order valence-corrected chi connectivity index (χ4v) is 17.9. The molecular weight excluding hydrogens is 355 g/mol. The summed E-state index contributed by atoms with van der Waals surface area (Å²) < 4.78 is 6.90. The molecule has 0 nitrogen and oxygen atoms in total. The maximum atomic E-state index is 5.75. The Bertz CT molecular complexity index is 324. The molecule has 3 saturated carbocycles. The van der Waals surface area contributed by atoms with Crippen molar-refractivity contribution in [3.63, 3.8) is 0 Å². The van der Waals surface area contributed by atoms with Gasteiger partial charge in [0.15, 0.2) is 0 Å². The molecule has 3 aliphatic carbocycles. The smallest absolute Gasteiger partial charge is 0.0194 e. The summed E-state index contributed by atoms with van der Waals surface area (Å²) in [6.07, 6.45) is 17.3. The first kappa shape index (κ1) is 17.1. The van der Waals surface area contributed by atoms with Gasteiger partial charge in [-0.3, -0.25) is 0 Å². The van der Waals surface area contributed by atoms with E-state index in [4.69, 9.17) is 1.37 Å². The van der Waals surface area contributed by atoms with Crippen LogP contribution >= 0.6 is 20.0 Å². The second kappa shape index (κ2) is 8.38. The molecule has 0 amide bonds. The molecule has 3 fully saturated rings. The van der Waals surface area contributed by atoms with E-state index in [0.29, 0.717) is 0 Å². The van der Waals surface area contributed by atoms with Crippen molar-refractivity contribution in [3.05, 3.63) is 0 Å². The predicted molar refractivity (Wildman–Crippen MR) is 103 cm³/mol. The van der Waals surface area contributed by atoms with Gasteiger partial charge in [0.05, 0.1) is 0 Å². The normalized spacial score (nSPS) is 43.2. The summed E-state index contributed by atoms with van der Waals surface area (Å²) in [6.45, 7) is 2.56. The minimum atomic E-state index is -0.677. The van der Waals surface area contributed by atoms with E-state index in [1.54, 1.807) is 38.5 Å². The first-order valence-electron chi connectivity index (χ1n) is 9.62. The third kappa shape index (κ3) is 3.85. The molecule has 0 N–H and O–H groups in total. The van der Waals surface area contributed by atoms with Crippen LogP contribution in [-0.4, -0.2) is 24.8 Å². The zero-order valence-corrected chi connectivity index (χ0v) is 17.9. The fraction of sp³-hybridized carbons (Fsp3) is 1.00. The Morgan fingerprint density at radius 1 is 0.905 bits per heavy atom. The predicted octanol–water partition coefficient (Wildman–Crippen LogP) is 6.47. The molecule has 0 saturated heterocycles. The number of rotatable bonds is 3. The molecular formula is C18H35AsS2. The Labute approximate surface area is 146 Å². The standard InChI is InChI=1S/C17H31AsS2.CH4/c1-12-6-4-7-13-10-14-8-5-9-17(18(19-2)20-3)16(14)11-15(12)13;/h12-17H,4-11H2,1-3H3;1H4/t12?,13-,14+,15?,16?,17?;/m0./s1/i;1T. The quantitative estimate of drug-likeness (QED) is 0.505. The molecule has 4 unspecified atom stereocenters. The monoisotopic (exact) mass is 392 g/mol. The summed E-state index contributed by atoms with van der Waals surface area (Å²) in [4.78, 5) is 0. The molecule has 0 spiro atoms. The second-order valence-corrected chi connectivity index (χ2v) is 20.6. The molecule has 3 aliphatic rings. The maximum absolute atomic E-state index is 5.75. The van der Waals surface area contributed by atoms with Gasteiger partial charge in [0, 0.05) is 1.37 Å². The minimum absolute atomic E-state index is 0.677. The van der Waals surface area contributed by atoms with Gasteiger partial charge >= 0.3 is 137 Å². The number of hydrogen-bond donors (Lipinski definition) is 0. The van der Waals surface area contributed by atoms with Crippen LogP contribution in [0.3, 0.4) is 0 Å². The SMILES string of the molecule is CS[As](SC)C1CCC[C@@H]2C[C@@H]3CCCC(C)C3CC12.[3H]C. The molecule has 0 radical (unpaired) electrons. The molecule has 0 aliphatic heterocycles. The van der Waals surface area contributed by atoms with Crippen LogP contribution in [0, 0.1) is 29.6 Å². The van der Waals surface area contributed by atoms with Crippen LogP contribution < -0.4 is 0 Å². The Kier molecular flexibility index (Phi) is 6.82. The summed E-state index contributed by atoms with van der Waals surface area (Å²) >= 11 is -0.677. The molecule has 0 heterocycles. The van der Waals surface area contributed by atoms with Crippen molar-refractivity contribution < 1.29 is 1.37 Å². The van der Waals surface area contributed by atoms with E-state index in [9.17, 15) is 0 Å². The topological polar surface area (TPSA) is 0 Å². The molecule has 6 atom stereocenters. The third-order valence-electron chi connectivity index (χ3n) is 6.53. The summed E-state index contributed by atoms with van der Waals surface area (Å²) in [7, 11) is 5.79. The van der Waals surface area contributed by atoms with Crippen LogP contribution in [0.4, 0.5) is 0 Å². The molecule has 3 heteroatoms. The van der Waals surface area contributed by atoms with Gasteiger partial charge in [-0.05, 0) is 0 Å². The van der Waals surface area contributed by atoms with Gasteiger partial charge in [0.1, 0.15) is 0 Å². The Balaban J connectivity index is 0.000000847. The van der Waals surface area contributed by atoms with Crippen molar-refractivity contribution in [2.75, 3.05) is 12.5 Å². The van der Waals surface area contributed by atoms with Gasteiger partial charge < -0.3 is 0 Å². The molecule has 0 bridgehead atoms. The van der Waals surface area contributed by atoms with Crippen LogP contribution in [0.2, 0.25) is 4.71 Å². The number of fused-ring (bicyclic) bond motifs is 2. The van der Waals surface area contributed by atoms with Crippen molar-refractivity contribution in [1.29, 1.82) is 0 Å². The van der Waals surface area contributed by atoms with Gasteiger partial charge in [-0.1, -0.05) is 7.40 Å². The first-order valence-corrected chi connectivity index (χ1v) is 16.7. The van der Waals surface area contributed by atoms with Gasteiger partial charge in [0.25, 0.3) is 0 Å². The Morgan fingerprint density at radius 2 is 1.52 bits per heavy atom. The van der Waals surface area contributed by atoms with Gasteiger partial charge in [-0.2, -0.15) is 0 Å². The van der Waals surface area contributed by atoms with E-state index in [2.05, 4.69) is 39.5 Å². The van der Waals surface area contributed by atoms with Crippen molar-refractivity contribution in [1.82, 2.24) is 0 Å². The van der Waals surface area contributed by atoms with Gasteiger partial charge in [-0.15, -0.1) is 0 Å². The summed E-state index contributed by atoms with van der Waals surface area (Å²) in [5.74, 6) is 5.50. The van der Waals surface area contributed by atoms with E-state index in [-0.39, 0.29) is 0 Å². The van der Waals surface area contributed by atoms with E-state index >= 15 is 0 Å². The van der Waals surface area contributed by atoms with Crippen molar-refractivity contribution >= 4 is 32.4 Å².